The zero-order valence-corrected chi connectivity index (χ0v) is 12.8. The second-order valence-corrected chi connectivity index (χ2v) is 5.67. The molecule has 0 aliphatic carbocycles. The van der Waals surface area contributed by atoms with Gasteiger partial charge in [-0.2, -0.15) is 0 Å². The minimum Gasteiger partial charge on any atom is -0.384 e. The van der Waals surface area contributed by atoms with Gasteiger partial charge in [-0.15, -0.1) is 0 Å². The lowest BCUT2D eigenvalue weighted by Gasteiger charge is -2.23. The summed E-state index contributed by atoms with van der Waals surface area (Å²) in [5.74, 6) is 0.563. The Kier molecular flexibility index (Phi) is 5.73. The van der Waals surface area contributed by atoms with E-state index in [9.17, 15) is 4.79 Å². The lowest BCUT2D eigenvalue weighted by Crippen LogP contribution is -2.40. The average Bonchev–Trinajstić information content (AvgIpc) is 2.95. The first kappa shape index (κ1) is 15.9. The number of nitrogens with zero attached hydrogens (tertiary/aromatic N) is 1. The molecule has 1 aliphatic heterocycles. The molecule has 2 rings (SSSR count). The summed E-state index contributed by atoms with van der Waals surface area (Å²) in [5, 5.41) is 2.97. The molecule has 1 fully saturated rings. The van der Waals surface area contributed by atoms with Crippen molar-refractivity contribution in [3.05, 3.63) is 29.8 Å². The molecule has 1 amide bonds. The van der Waals surface area contributed by atoms with Crippen LogP contribution in [0.2, 0.25) is 0 Å². The summed E-state index contributed by atoms with van der Waals surface area (Å²) in [7, 11) is 1.73. The third-order valence-electron chi connectivity index (χ3n) is 4.08. The van der Waals surface area contributed by atoms with Gasteiger partial charge in [-0.3, -0.25) is 9.69 Å². The van der Waals surface area contributed by atoms with Gasteiger partial charge in [0.15, 0.2) is 0 Å². The summed E-state index contributed by atoms with van der Waals surface area (Å²) in [6.07, 6.45) is 1.09. The van der Waals surface area contributed by atoms with Gasteiger partial charge < -0.3 is 15.8 Å². The molecule has 1 aromatic rings. The van der Waals surface area contributed by atoms with E-state index in [2.05, 4.69) is 10.2 Å². The third kappa shape index (κ3) is 4.27. The van der Waals surface area contributed by atoms with Gasteiger partial charge in [0.25, 0.3) is 0 Å². The highest BCUT2D eigenvalue weighted by Crippen LogP contribution is 2.20. The van der Waals surface area contributed by atoms with Crippen molar-refractivity contribution >= 4 is 11.6 Å². The fraction of sp³-hybridized carbons (Fsp3) is 0.562. The van der Waals surface area contributed by atoms with Gasteiger partial charge in [0, 0.05) is 25.9 Å². The normalized spacial score (nSPS) is 20.4. The topological polar surface area (TPSA) is 67.6 Å². The number of anilines is 1. The van der Waals surface area contributed by atoms with Gasteiger partial charge in [0.2, 0.25) is 5.91 Å². The van der Waals surface area contributed by atoms with Gasteiger partial charge in [0.05, 0.1) is 12.6 Å². The van der Waals surface area contributed by atoms with Gasteiger partial charge in [-0.05, 0) is 43.5 Å². The molecule has 2 atom stereocenters. The Hall–Kier alpha value is -1.43. The number of nitrogens with two attached hydrogens (primary N) is 1. The molecule has 0 radical (unpaired) electrons. The third-order valence-corrected chi connectivity index (χ3v) is 4.08. The second kappa shape index (κ2) is 7.54. The van der Waals surface area contributed by atoms with E-state index in [0.717, 1.165) is 37.4 Å². The number of ether oxygens (including phenoxy) is 1. The zero-order chi connectivity index (χ0) is 15.2. The molecule has 0 aromatic heterocycles. The van der Waals surface area contributed by atoms with Crippen molar-refractivity contribution in [2.75, 3.05) is 32.1 Å². The Labute approximate surface area is 126 Å². The molecule has 5 heteroatoms. The summed E-state index contributed by atoms with van der Waals surface area (Å²) < 4.78 is 5.20. The molecular formula is C16H25N3O2. The molecule has 2 unspecified atom stereocenters. The molecule has 5 nitrogen and oxygen atoms in total. The summed E-state index contributed by atoms with van der Waals surface area (Å²) in [5.41, 5.74) is 7.44. The maximum atomic E-state index is 12.3. The van der Waals surface area contributed by atoms with Crippen LogP contribution in [-0.4, -0.2) is 43.7 Å². The van der Waals surface area contributed by atoms with Gasteiger partial charge in [0.1, 0.15) is 0 Å². The average molecular weight is 291 g/mol. The number of nitrogens with one attached hydrogen (secondary N) is 1. The molecule has 1 saturated heterocycles. The highest BCUT2D eigenvalue weighted by molar-refractivity contribution is 5.94. The molecule has 0 bridgehead atoms. The van der Waals surface area contributed by atoms with E-state index in [0.29, 0.717) is 12.5 Å². The molecular weight excluding hydrogens is 266 g/mol. The number of benzene rings is 1. The van der Waals surface area contributed by atoms with Crippen LogP contribution in [0.3, 0.4) is 0 Å². The van der Waals surface area contributed by atoms with E-state index in [1.807, 2.05) is 31.2 Å². The van der Waals surface area contributed by atoms with Crippen LogP contribution in [0.5, 0.6) is 0 Å². The number of hydrogen-bond donors (Lipinski definition) is 2. The molecule has 0 saturated carbocycles. The lowest BCUT2D eigenvalue weighted by molar-refractivity contribution is -0.120. The number of carbonyl (C=O) groups excluding carboxylic acids is 1. The Bertz CT molecular complexity index is 478. The van der Waals surface area contributed by atoms with E-state index >= 15 is 0 Å². The van der Waals surface area contributed by atoms with E-state index in [4.69, 9.17) is 10.5 Å². The molecule has 1 aliphatic rings. The van der Waals surface area contributed by atoms with Crippen LogP contribution in [0.4, 0.5) is 5.69 Å². The minimum atomic E-state index is -0.131. The molecule has 1 aromatic carbocycles. The van der Waals surface area contributed by atoms with Crippen LogP contribution in [0.25, 0.3) is 0 Å². The Morgan fingerprint density at radius 1 is 1.57 bits per heavy atom. The maximum Gasteiger partial charge on any atom is 0.241 e. The minimum absolute atomic E-state index is 0.0299. The van der Waals surface area contributed by atoms with E-state index in [1.165, 1.54) is 0 Å². The van der Waals surface area contributed by atoms with Crippen LogP contribution in [0.15, 0.2) is 24.3 Å². The van der Waals surface area contributed by atoms with Crippen molar-refractivity contribution in [3.63, 3.8) is 0 Å². The predicted molar refractivity (Wildman–Crippen MR) is 84.0 cm³/mol. The SMILES string of the molecule is COCC1CCN(C(C)C(=O)Nc2cccc(CN)c2)C1. The first-order valence-corrected chi connectivity index (χ1v) is 7.47. The number of likely N-dealkylation sites (tertiary alicyclic amines) is 1. The highest BCUT2D eigenvalue weighted by atomic mass is 16.5. The Morgan fingerprint density at radius 3 is 3.10 bits per heavy atom. The number of hydrogen-bond acceptors (Lipinski definition) is 4. The molecule has 1 heterocycles. The summed E-state index contributed by atoms with van der Waals surface area (Å²) in [4.78, 5) is 14.6. The molecule has 21 heavy (non-hydrogen) atoms. The van der Waals surface area contributed by atoms with Crippen LogP contribution >= 0.6 is 0 Å². The first-order chi connectivity index (χ1) is 10.1. The fourth-order valence-electron chi connectivity index (χ4n) is 2.77. The largest absolute Gasteiger partial charge is 0.384 e. The summed E-state index contributed by atoms with van der Waals surface area (Å²) in [6, 6.07) is 7.54. The molecule has 116 valence electrons. The monoisotopic (exact) mass is 291 g/mol. The zero-order valence-electron chi connectivity index (χ0n) is 12.8. The predicted octanol–water partition coefficient (Wildman–Crippen LogP) is 1.44. The van der Waals surface area contributed by atoms with Crippen molar-refractivity contribution in [2.24, 2.45) is 11.7 Å². The summed E-state index contributed by atoms with van der Waals surface area (Å²) >= 11 is 0. The van der Waals surface area contributed by atoms with Crippen molar-refractivity contribution in [3.8, 4) is 0 Å². The number of carbonyl (C=O) groups is 1. The van der Waals surface area contributed by atoms with Crippen LogP contribution in [0.1, 0.15) is 18.9 Å². The van der Waals surface area contributed by atoms with Crippen LogP contribution in [-0.2, 0) is 16.1 Å². The van der Waals surface area contributed by atoms with Crippen molar-refractivity contribution in [2.45, 2.75) is 25.9 Å². The van der Waals surface area contributed by atoms with E-state index in [-0.39, 0.29) is 11.9 Å². The lowest BCUT2D eigenvalue weighted by atomic mass is 10.1. The van der Waals surface area contributed by atoms with Crippen molar-refractivity contribution in [1.29, 1.82) is 0 Å². The molecule has 0 spiro atoms. The van der Waals surface area contributed by atoms with E-state index in [1.54, 1.807) is 7.11 Å². The number of methoxy groups -OCH3 is 1. The summed E-state index contributed by atoms with van der Waals surface area (Å²) in [6.45, 7) is 5.07. The highest BCUT2D eigenvalue weighted by Gasteiger charge is 2.29. The van der Waals surface area contributed by atoms with Gasteiger partial charge in [-0.1, -0.05) is 12.1 Å². The van der Waals surface area contributed by atoms with Gasteiger partial charge >= 0.3 is 0 Å². The van der Waals surface area contributed by atoms with Crippen LogP contribution < -0.4 is 11.1 Å². The standard InChI is InChI=1S/C16H25N3O2/c1-12(19-7-6-14(10-19)11-21-2)16(20)18-15-5-3-4-13(8-15)9-17/h3-5,8,12,14H,6-7,9-11,17H2,1-2H3,(H,18,20). The maximum absolute atomic E-state index is 12.3. The fourth-order valence-corrected chi connectivity index (χ4v) is 2.77. The smallest absolute Gasteiger partial charge is 0.241 e. The van der Waals surface area contributed by atoms with E-state index < -0.39 is 0 Å². The van der Waals surface area contributed by atoms with Crippen molar-refractivity contribution < 1.29 is 9.53 Å². The number of amides is 1. The quantitative estimate of drug-likeness (QED) is 0.832. The Balaban J connectivity index is 1.90. The second-order valence-electron chi connectivity index (χ2n) is 5.67. The van der Waals surface area contributed by atoms with Crippen molar-refractivity contribution in [1.82, 2.24) is 4.90 Å². The number of rotatable bonds is 6. The molecule has 3 N–H and O–H groups in total. The van der Waals surface area contributed by atoms with Gasteiger partial charge in [-0.25, -0.2) is 0 Å². The van der Waals surface area contributed by atoms with Crippen LogP contribution in [0, 0.1) is 5.92 Å². The Morgan fingerprint density at radius 2 is 2.38 bits per heavy atom. The first-order valence-electron chi connectivity index (χ1n) is 7.47.